The van der Waals surface area contributed by atoms with Gasteiger partial charge in [0, 0.05) is 13.1 Å². The molecule has 4 heteroatoms. The molecule has 0 aromatic carbocycles. The maximum Gasteiger partial charge on any atom is 0.0779 e. The first-order valence-electron chi connectivity index (χ1n) is 6.92. The van der Waals surface area contributed by atoms with Crippen LogP contribution >= 0.6 is 0 Å². The number of fused-ring (bicyclic) bond motifs is 1. The Hall–Kier alpha value is -1.13. The Labute approximate surface area is 108 Å². The van der Waals surface area contributed by atoms with Crippen LogP contribution < -0.4 is 10.6 Å². The van der Waals surface area contributed by atoms with Crippen molar-refractivity contribution in [1.82, 2.24) is 4.98 Å². The second-order valence-electron chi connectivity index (χ2n) is 5.17. The van der Waals surface area contributed by atoms with Crippen LogP contribution in [0.1, 0.15) is 31.4 Å². The summed E-state index contributed by atoms with van der Waals surface area (Å²) in [5.41, 5.74) is 7.75. The average molecular weight is 247 g/mol. The molecule has 0 amide bonds. The lowest BCUT2D eigenvalue weighted by Crippen LogP contribution is -2.52. The molecule has 1 aromatic rings. The van der Waals surface area contributed by atoms with Crippen LogP contribution in [-0.4, -0.2) is 30.3 Å². The summed E-state index contributed by atoms with van der Waals surface area (Å²) < 4.78 is 5.90. The highest BCUT2D eigenvalue weighted by Crippen LogP contribution is 2.31. The van der Waals surface area contributed by atoms with Gasteiger partial charge in [-0.15, -0.1) is 0 Å². The third kappa shape index (κ3) is 2.22. The molecule has 1 aliphatic carbocycles. The average Bonchev–Trinajstić information content (AvgIpc) is 2.47. The summed E-state index contributed by atoms with van der Waals surface area (Å²) in [6.45, 7) is 2.32. The predicted octanol–water partition coefficient (Wildman–Crippen LogP) is 1.69. The van der Waals surface area contributed by atoms with Crippen LogP contribution in [0.4, 0.5) is 5.69 Å². The maximum absolute atomic E-state index is 5.90. The minimum atomic E-state index is 0.418. The molecule has 3 rings (SSSR count). The van der Waals surface area contributed by atoms with E-state index in [2.05, 4.69) is 16.0 Å². The Morgan fingerprint density at radius 1 is 1.33 bits per heavy atom. The molecule has 1 saturated heterocycles. The van der Waals surface area contributed by atoms with E-state index in [9.17, 15) is 0 Å². The molecule has 2 fully saturated rings. The zero-order chi connectivity index (χ0) is 12.4. The van der Waals surface area contributed by atoms with E-state index >= 15 is 0 Å². The molecular formula is C14H21N3O. The van der Waals surface area contributed by atoms with E-state index in [-0.39, 0.29) is 0 Å². The van der Waals surface area contributed by atoms with Crippen LogP contribution in [0.5, 0.6) is 0 Å². The maximum atomic E-state index is 5.90. The van der Waals surface area contributed by atoms with Crippen LogP contribution in [0.15, 0.2) is 18.3 Å². The molecule has 0 spiro atoms. The zero-order valence-corrected chi connectivity index (χ0v) is 10.7. The second kappa shape index (κ2) is 5.24. The molecule has 18 heavy (non-hydrogen) atoms. The second-order valence-corrected chi connectivity index (χ2v) is 5.17. The lowest BCUT2D eigenvalue weighted by Gasteiger charge is -2.45. The number of ether oxygens (including phenoxy) is 1. The van der Waals surface area contributed by atoms with Gasteiger partial charge in [0.2, 0.25) is 0 Å². The van der Waals surface area contributed by atoms with Crippen molar-refractivity contribution in [3.63, 3.8) is 0 Å². The lowest BCUT2D eigenvalue weighted by atomic mass is 9.90. The molecular weight excluding hydrogens is 226 g/mol. The molecule has 1 aliphatic heterocycles. The molecule has 2 aliphatic rings. The van der Waals surface area contributed by atoms with Crippen LogP contribution in [0, 0.1) is 0 Å². The summed E-state index contributed by atoms with van der Waals surface area (Å²) in [5, 5.41) is 0. The van der Waals surface area contributed by atoms with Crippen molar-refractivity contribution in [3.8, 4) is 0 Å². The molecule has 2 atom stereocenters. The van der Waals surface area contributed by atoms with Gasteiger partial charge in [0.1, 0.15) is 0 Å². The molecule has 98 valence electrons. The van der Waals surface area contributed by atoms with Crippen molar-refractivity contribution in [1.29, 1.82) is 0 Å². The highest BCUT2D eigenvalue weighted by Gasteiger charge is 2.34. The smallest absolute Gasteiger partial charge is 0.0779 e. The Kier molecular flexibility index (Phi) is 3.48. The van der Waals surface area contributed by atoms with Gasteiger partial charge in [-0.1, -0.05) is 12.8 Å². The number of nitrogens with zero attached hydrogens (tertiary/aromatic N) is 2. The van der Waals surface area contributed by atoms with Crippen molar-refractivity contribution in [2.45, 2.75) is 44.4 Å². The van der Waals surface area contributed by atoms with Crippen molar-refractivity contribution < 1.29 is 4.74 Å². The first kappa shape index (κ1) is 11.9. The largest absolute Gasteiger partial charge is 0.374 e. The number of hydrogen-bond donors (Lipinski definition) is 1. The van der Waals surface area contributed by atoms with Crippen LogP contribution in [0.3, 0.4) is 0 Å². The minimum absolute atomic E-state index is 0.418. The Morgan fingerprint density at radius 2 is 2.22 bits per heavy atom. The van der Waals surface area contributed by atoms with Crippen molar-refractivity contribution in [2.75, 3.05) is 18.1 Å². The van der Waals surface area contributed by atoms with Crippen LogP contribution in [0.2, 0.25) is 0 Å². The summed E-state index contributed by atoms with van der Waals surface area (Å²) in [6.07, 6.45) is 7.44. The van der Waals surface area contributed by atoms with E-state index in [4.69, 9.17) is 10.5 Å². The van der Waals surface area contributed by atoms with E-state index in [1.54, 1.807) is 0 Å². The molecule has 0 radical (unpaired) electrons. The van der Waals surface area contributed by atoms with E-state index in [1.807, 2.05) is 12.3 Å². The standard InChI is InChI=1S/C14H21N3O/c15-9-11-5-6-12(10-16-11)17-7-8-18-14-4-2-1-3-13(14)17/h5-6,10,13-14H,1-4,7-9,15H2. The zero-order valence-electron chi connectivity index (χ0n) is 10.7. The molecule has 2 N–H and O–H groups in total. The van der Waals surface area contributed by atoms with Gasteiger partial charge >= 0.3 is 0 Å². The Bertz CT molecular complexity index is 391. The Balaban J connectivity index is 1.80. The normalized spacial score (nSPS) is 27.9. The molecule has 1 aromatic heterocycles. The van der Waals surface area contributed by atoms with E-state index in [0.29, 0.717) is 18.7 Å². The third-order valence-corrected chi connectivity index (χ3v) is 4.08. The summed E-state index contributed by atoms with van der Waals surface area (Å²) in [5.74, 6) is 0. The summed E-state index contributed by atoms with van der Waals surface area (Å²) >= 11 is 0. The highest BCUT2D eigenvalue weighted by atomic mass is 16.5. The summed E-state index contributed by atoms with van der Waals surface area (Å²) in [4.78, 5) is 6.88. The van der Waals surface area contributed by atoms with Gasteiger partial charge in [-0.3, -0.25) is 4.98 Å². The van der Waals surface area contributed by atoms with E-state index in [0.717, 1.165) is 18.8 Å². The first-order valence-corrected chi connectivity index (χ1v) is 6.92. The minimum Gasteiger partial charge on any atom is -0.374 e. The fourth-order valence-electron chi connectivity index (χ4n) is 3.12. The monoisotopic (exact) mass is 247 g/mol. The van der Waals surface area contributed by atoms with Gasteiger partial charge in [-0.05, 0) is 25.0 Å². The number of anilines is 1. The van der Waals surface area contributed by atoms with Crippen molar-refractivity contribution in [2.24, 2.45) is 5.73 Å². The number of nitrogens with two attached hydrogens (primary N) is 1. The first-order chi connectivity index (χ1) is 8.88. The highest BCUT2D eigenvalue weighted by molar-refractivity contribution is 5.46. The van der Waals surface area contributed by atoms with Crippen molar-refractivity contribution in [3.05, 3.63) is 24.0 Å². The molecule has 2 unspecified atom stereocenters. The van der Waals surface area contributed by atoms with E-state index in [1.165, 1.54) is 31.4 Å². The number of hydrogen-bond acceptors (Lipinski definition) is 4. The van der Waals surface area contributed by atoms with E-state index < -0.39 is 0 Å². The SMILES string of the molecule is NCc1ccc(N2CCOC3CCCCC32)cn1. The third-order valence-electron chi connectivity index (χ3n) is 4.08. The van der Waals surface area contributed by atoms with Crippen LogP contribution in [-0.2, 0) is 11.3 Å². The number of aromatic nitrogens is 1. The summed E-state index contributed by atoms with van der Waals surface area (Å²) in [7, 11) is 0. The van der Waals surface area contributed by atoms with Gasteiger partial charge in [0.05, 0.1) is 36.3 Å². The van der Waals surface area contributed by atoms with Crippen molar-refractivity contribution >= 4 is 5.69 Å². The van der Waals surface area contributed by atoms with Gasteiger partial charge < -0.3 is 15.4 Å². The van der Waals surface area contributed by atoms with Gasteiger partial charge in [-0.2, -0.15) is 0 Å². The van der Waals surface area contributed by atoms with Gasteiger partial charge in [0.15, 0.2) is 0 Å². The number of morpholine rings is 1. The van der Waals surface area contributed by atoms with Crippen LogP contribution in [0.25, 0.3) is 0 Å². The lowest BCUT2D eigenvalue weighted by molar-refractivity contribution is -0.00870. The van der Waals surface area contributed by atoms with Gasteiger partial charge in [0.25, 0.3) is 0 Å². The fraction of sp³-hybridized carbons (Fsp3) is 0.643. The molecule has 2 heterocycles. The molecule has 0 bridgehead atoms. The Morgan fingerprint density at radius 3 is 3.00 bits per heavy atom. The molecule has 4 nitrogen and oxygen atoms in total. The topological polar surface area (TPSA) is 51.4 Å². The quantitative estimate of drug-likeness (QED) is 0.864. The number of rotatable bonds is 2. The predicted molar refractivity (Wildman–Crippen MR) is 71.5 cm³/mol. The fourth-order valence-corrected chi connectivity index (χ4v) is 3.12. The van der Waals surface area contributed by atoms with Gasteiger partial charge in [-0.25, -0.2) is 0 Å². The summed E-state index contributed by atoms with van der Waals surface area (Å²) in [6, 6.07) is 4.72. The molecule has 1 saturated carbocycles. The number of pyridine rings is 1.